The van der Waals surface area contributed by atoms with E-state index in [9.17, 15) is 4.79 Å². The second-order valence-electron chi connectivity index (χ2n) is 5.72. The number of rotatable bonds is 6. The van der Waals surface area contributed by atoms with Crippen molar-refractivity contribution in [1.82, 2.24) is 25.7 Å². The van der Waals surface area contributed by atoms with E-state index in [1.165, 1.54) is 5.56 Å². The maximum absolute atomic E-state index is 12.1. The first-order chi connectivity index (χ1) is 11.8. The first-order valence-electron chi connectivity index (χ1n) is 8.19. The molecule has 1 aliphatic heterocycles. The van der Waals surface area contributed by atoms with Crippen LogP contribution in [0.2, 0.25) is 0 Å². The van der Waals surface area contributed by atoms with E-state index >= 15 is 0 Å². The van der Waals surface area contributed by atoms with Crippen LogP contribution in [-0.2, 0) is 11.3 Å². The number of morpholine rings is 1. The molecular weight excluding hydrogens is 306 g/mol. The maximum atomic E-state index is 12.1. The first kappa shape index (κ1) is 16.5. The number of nitrogens with zero attached hydrogens (tertiary/aromatic N) is 2. The SMILES string of the molecule is O=C(NCc1ccn[nH]1)NC[C@H](c1ccccc1)N1CCOCC1. The molecule has 2 heterocycles. The maximum Gasteiger partial charge on any atom is 0.315 e. The minimum atomic E-state index is -0.182. The Hall–Kier alpha value is -2.38. The van der Waals surface area contributed by atoms with Crippen molar-refractivity contribution in [2.24, 2.45) is 0 Å². The number of urea groups is 1. The van der Waals surface area contributed by atoms with Gasteiger partial charge in [-0.05, 0) is 11.6 Å². The number of aromatic nitrogens is 2. The van der Waals surface area contributed by atoms with Gasteiger partial charge >= 0.3 is 6.03 Å². The fraction of sp³-hybridized carbons (Fsp3) is 0.412. The van der Waals surface area contributed by atoms with E-state index in [0.29, 0.717) is 13.1 Å². The Kier molecular flexibility index (Phi) is 5.81. The molecule has 7 nitrogen and oxygen atoms in total. The Morgan fingerprint density at radius 1 is 1.21 bits per heavy atom. The Morgan fingerprint density at radius 2 is 2.00 bits per heavy atom. The van der Waals surface area contributed by atoms with Crippen molar-refractivity contribution in [1.29, 1.82) is 0 Å². The third-order valence-corrected chi connectivity index (χ3v) is 4.12. The molecule has 3 N–H and O–H groups in total. The Labute approximate surface area is 141 Å². The molecule has 0 bridgehead atoms. The predicted molar refractivity (Wildman–Crippen MR) is 90.4 cm³/mol. The average Bonchev–Trinajstić information content (AvgIpc) is 3.16. The van der Waals surface area contributed by atoms with Crippen LogP contribution in [0.3, 0.4) is 0 Å². The van der Waals surface area contributed by atoms with Gasteiger partial charge in [0.1, 0.15) is 0 Å². The molecule has 0 aliphatic carbocycles. The number of H-pyrrole nitrogens is 1. The first-order valence-corrected chi connectivity index (χ1v) is 8.19. The highest BCUT2D eigenvalue weighted by Gasteiger charge is 2.22. The van der Waals surface area contributed by atoms with Crippen molar-refractivity contribution in [3.63, 3.8) is 0 Å². The lowest BCUT2D eigenvalue weighted by molar-refractivity contribution is 0.0167. The summed E-state index contributed by atoms with van der Waals surface area (Å²) in [5, 5.41) is 12.5. The molecule has 2 amide bonds. The Balaban J connectivity index is 1.56. The van der Waals surface area contributed by atoms with Gasteiger partial charge in [-0.1, -0.05) is 30.3 Å². The van der Waals surface area contributed by atoms with Gasteiger partial charge in [-0.25, -0.2) is 4.79 Å². The molecule has 1 saturated heterocycles. The van der Waals surface area contributed by atoms with Crippen LogP contribution >= 0.6 is 0 Å². The van der Waals surface area contributed by atoms with Gasteiger partial charge in [0.25, 0.3) is 0 Å². The summed E-state index contributed by atoms with van der Waals surface area (Å²) in [6.45, 7) is 4.19. The Bertz CT molecular complexity index is 611. The number of amides is 2. The van der Waals surface area contributed by atoms with E-state index < -0.39 is 0 Å². The molecule has 3 rings (SSSR count). The molecular formula is C17H23N5O2. The van der Waals surface area contributed by atoms with Gasteiger partial charge in [0.2, 0.25) is 0 Å². The van der Waals surface area contributed by atoms with Crippen molar-refractivity contribution in [3.05, 3.63) is 53.9 Å². The highest BCUT2D eigenvalue weighted by Crippen LogP contribution is 2.20. The number of ether oxygens (including phenoxy) is 1. The van der Waals surface area contributed by atoms with Gasteiger partial charge in [0.15, 0.2) is 0 Å². The zero-order valence-corrected chi connectivity index (χ0v) is 13.6. The zero-order valence-electron chi connectivity index (χ0n) is 13.6. The predicted octanol–water partition coefficient (Wildman–Crippen LogP) is 1.28. The van der Waals surface area contributed by atoms with E-state index in [1.54, 1.807) is 6.20 Å². The van der Waals surface area contributed by atoms with Crippen LogP contribution in [0, 0.1) is 0 Å². The summed E-state index contributed by atoms with van der Waals surface area (Å²) in [6.07, 6.45) is 1.67. The fourth-order valence-corrected chi connectivity index (χ4v) is 2.83. The quantitative estimate of drug-likeness (QED) is 0.746. The molecule has 128 valence electrons. The van der Waals surface area contributed by atoms with Crippen LogP contribution < -0.4 is 10.6 Å². The third kappa shape index (κ3) is 4.56. The second-order valence-corrected chi connectivity index (χ2v) is 5.72. The molecule has 2 aromatic rings. The van der Waals surface area contributed by atoms with Crippen molar-refractivity contribution < 1.29 is 9.53 Å². The Morgan fingerprint density at radius 3 is 2.71 bits per heavy atom. The smallest absolute Gasteiger partial charge is 0.315 e. The summed E-state index contributed by atoms with van der Waals surface area (Å²) in [5.74, 6) is 0. The van der Waals surface area contributed by atoms with E-state index in [2.05, 4.69) is 37.9 Å². The van der Waals surface area contributed by atoms with E-state index in [4.69, 9.17) is 4.74 Å². The van der Waals surface area contributed by atoms with Gasteiger partial charge in [0, 0.05) is 25.8 Å². The number of aromatic amines is 1. The van der Waals surface area contributed by atoms with E-state index in [1.807, 2.05) is 24.3 Å². The molecule has 0 spiro atoms. The minimum absolute atomic E-state index is 0.146. The summed E-state index contributed by atoms with van der Waals surface area (Å²) < 4.78 is 5.44. The topological polar surface area (TPSA) is 82.3 Å². The average molecular weight is 329 g/mol. The molecule has 0 radical (unpaired) electrons. The van der Waals surface area contributed by atoms with Crippen LogP contribution in [0.1, 0.15) is 17.3 Å². The van der Waals surface area contributed by atoms with Gasteiger partial charge < -0.3 is 15.4 Å². The largest absolute Gasteiger partial charge is 0.379 e. The molecule has 1 aliphatic rings. The van der Waals surface area contributed by atoms with Crippen LogP contribution in [0.25, 0.3) is 0 Å². The molecule has 7 heteroatoms. The number of nitrogens with one attached hydrogen (secondary N) is 3. The van der Waals surface area contributed by atoms with Crippen molar-refractivity contribution in [2.45, 2.75) is 12.6 Å². The summed E-state index contributed by atoms with van der Waals surface area (Å²) in [7, 11) is 0. The number of hydrogen-bond donors (Lipinski definition) is 3. The number of hydrogen-bond acceptors (Lipinski definition) is 4. The summed E-state index contributed by atoms with van der Waals surface area (Å²) in [4.78, 5) is 14.4. The number of carbonyl (C=O) groups excluding carboxylic acids is 1. The van der Waals surface area contributed by atoms with Crippen molar-refractivity contribution in [2.75, 3.05) is 32.8 Å². The number of carbonyl (C=O) groups is 1. The highest BCUT2D eigenvalue weighted by atomic mass is 16.5. The number of benzene rings is 1. The lowest BCUT2D eigenvalue weighted by atomic mass is 10.0. The van der Waals surface area contributed by atoms with E-state index in [0.717, 1.165) is 32.0 Å². The molecule has 1 fully saturated rings. The van der Waals surface area contributed by atoms with Gasteiger partial charge in [0.05, 0.1) is 31.5 Å². The highest BCUT2D eigenvalue weighted by molar-refractivity contribution is 5.73. The van der Waals surface area contributed by atoms with Crippen LogP contribution in [0.5, 0.6) is 0 Å². The standard InChI is InChI=1S/C17H23N5O2/c23-17(18-12-15-6-7-20-21-15)19-13-16(14-4-2-1-3-5-14)22-8-10-24-11-9-22/h1-7,16H,8-13H2,(H,20,21)(H2,18,19,23)/t16-/m1/s1. The molecule has 24 heavy (non-hydrogen) atoms. The summed E-state index contributed by atoms with van der Waals surface area (Å²) >= 11 is 0. The van der Waals surface area contributed by atoms with Crippen LogP contribution in [0.15, 0.2) is 42.6 Å². The molecule has 1 aromatic carbocycles. The fourth-order valence-electron chi connectivity index (χ4n) is 2.83. The third-order valence-electron chi connectivity index (χ3n) is 4.12. The van der Waals surface area contributed by atoms with Gasteiger partial charge in [-0.3, -0.25) is 10.00 Å². The lowest BCUT2D eigenvalue weighted by Gasteiger charge is -2.34. The molecule has 1 atom stereocenters. The van der Waals surface area contributed by atoms with Crippen LogP contribution in [-0.4, -0.2) is 54.0 Å². The van der Waals surface area contributed by atoms with Crippen LogP contribution in [0.4, 0.5) is 4.79 Å². The van der Waals surface area contributed by atoms with Crippen molar-refractivity contribution >= 4 is 6.03 Å². The van der Waals surface area contributed by atoms with E-state index in [-0.39, 0.29) is 12.1 Å². The van der Waals surface area contributed by atoms with Crippen molar-refractivity contribution in [3.8, 4) is 0 Å². The zero-order chi connectivity index (χ0) is 16.6. The second kappa shape index (κ2) is 8.47. The summed E-state index contributed by atoms with van der Waals surface area (Å²) in [5.41, 5.74) is 2.08. The van der Waals surface area contributed by atoms with Gasteiger partial charge in [-0.2, -0.15) is 5.10 Å². The molecule has 0 saturated carbocycles. The van der Waals surface area contributed by atoms with Gasteiger partial charge in [-0.15, -0.1) is 0 Å². The molecule has 0 unspecified atom stereocenters. The summed E-state index contributed by atoms with van der Waals surface area (Å²) in [6, 6.07) is 12.1. The monoisotopic (exact) mass is 329 g/mol. The lowest BCUT2D eigenvalue weighted by Crippen LogP contribution is -2.45. The molecule has 1 aromatic heterocycles. The normalized spacial score (nSPS) is 16.5. The minimum Gasteiger partial charge on any atom is -0.379 e.